The minimum atomic E-state index is -1.04. The zero-order valence-electron chi connectivity index (χ0n) is 10.8. The number of halogens is 1. The Bertz CT molecular complexity index is 350. The zero-order chi connectivity index (χ0) is 12.3. The van der Waals surface area contributed by atoms with E-state index in [0.29, 0.717) is 25.3 Å². The monoisotopic (exact) mass is 235 g/mol. The molecule has 1 saturated heterocycles. The average Bonchev–Trinajstić information content (AvgIpc) is 2.30. The summed E-state index contributed by atoms with van der Waals surface area (Å²) in [7, 11) is 0. The van der Waals surface area contributed by atoms with Crippen molar-refractivity contribution in [3.05, 3.63) is 35.4 Å². The number of nitrogens with one attached hydrogen (secondary N) is 1. The van der Waals surface area contributed by atoms with Crippen molar-refractivity contribution in [1.82, 2.24) is 5.32 Å². The van der Waals surface area contributed by atoms with E-state index in [1.807, 2.05) is 0 Å². The summed E-state index contributed by atoms with van der Waals surface area (Å²) in [6.07, 6.45) is 2.17. The van der Waals surface area contributed by atoms with E-state index in [4.69, 9.17) is 0 Å². The van der Waals surface area contributed by atoms with Crippen molar-refractivity contribution in [2.45, 2.75) is 44.7 Å². The minimum Gasteiger partial charge on any atom is -0.314 e. The van der Waals surface area contributed by atoms with Crippen LogP contribution in [0.4, 0.5) is 4.39 Å². The summed E-state index contributed by atoms with van der Waals surface area (Å²) in [5, 5.41) is 3.15. The number of benzene rings is 1. The third-order valence-electron chi connectivity index (χ3n) is 3.59. The maximum Gasteiger partial charge on any atom is 0.127 e. The van der Waals surface area contributed by atoms with Gasteiger partial charge in [0, 0.05) is 13.0 Å². The first-order valence-corrected chi connectivity index (χ1v) is 6.58. The Balaban J connectivity index is 2.03. The highest BCUT2D eigenvalue weighted by Crippen LogP contribution is 2.26. The normalized spacial score (nSPS) is 25.2. The van der Waals surface area contributed by atoms with Crippen LogP contribution in [-0.2, 0) is 6.42 Å². The largest absolute Gasteiger partial charge is 0.314 e. The number of hydrogen-bond acceptors (Lipinski definition) is 1. The van der Waals surface area contributed by atoms with Gasteiger partial charge >= 0.3 is 0 Å². The highest BCUT2D eigenvalue weighted by Gasteiger charge is 2.31. The van der Waals surface area contributed by atoms with Crippen molar-refractivity contribution in [2.75, 3.05) is 13.1 Å². The molecule has 17 heavy (non-hydrogen) atoms. The molecular formula is C15H22FN. The summed E-state index contributed by atoms with van der Waals surface area (Å²) in [6.45, 7) is 5.81. The molecule has 0 aliphatic carbocycles. The molecule has 2 heteroatoms. The van der Waals surface area contributed by atoms with E-state index in [1.165, 1.54) is 5.56 Å². The molecule has 0 spiro atoms. The Morgan fingerprint density at radius 2 is 2.00 bits per heavy atom. The van der Waals surface area contributed by atoms with Gasteiger partial charge in [-0.3, -0.25) is 0 Å². The van der Waals surface area contributed by atoms with Gasteiger partial charge in [0.05, 0.1) is 0 Å². The van der Waals surface area contributed by atoms with Crippen LogP contribution in [-0.4, -0.2) is 18.8 Å². The van der Waals surface area contributed by atoms with E-state index in [1.54, 1.807) is 0 Å². The molecule has 94 valence electrons. The van der Waals surface area contributed by atoms with Gasteiger partial charge in [0.1, 0.15) is 5.67 Å². The highest BCUT2D eigenvalue weighted by molar-refractivity contribution is 5.26. The number of alkyl halides is 1. The van der Waals surface area contributed by atoms with Gasteiger partial charge in [-0.25, -0.2) is 4.39 Å². The zero-order valence-corrected chi connectivity index (χ0v) is 10.8. The molecule has 1 aromatic carbocycles. The van der Waals surface area contributed by atoms with Crippen LogP contribution in [0.2, 0.25) is 0 Å². The van der Waals surface area contributed by atoms with Crippen molar-refractivity contribution in [2.24, 2.45) is 0 Å². The Kier molecular flexibility index (Phi) is 3.82. The lowest BCUT2D eigenvalue weighted by Crippen LogP contribution is -2.43. The Hall–Kier alpha value is -0.890. The maximum atomic E-state index is 14.5. The van der Waals surface area contributed by atoms with Crippen molar-refractivity contribution >= 4 is 0 Å². The quantitative estimate of drug-likeness (QED) is 0.846. The fourth-order valence-corrected chi connectivity index (χ4v) is 2.47. The lowest BCUT2D eigenvalue weighted by Gasteiger charge is -2.30. The molecule has 0 aromatic heterocycles. The SMILES string of the molecule is CC(C)c1ccc(CC2(F)CCCNC2)cc1. The van der Waals surface area contributed by atoms with Gasteiger partial charge < -0.3 is 5.32 Å². The van der Waals surface area contributed by atoms with Crippen molar-refractivity contribution in [3.63, 3.8) is 0 Å². The van der Waals surface area contributed by atoms with E-state index in [9.17, 15) is 4.39 Å². The average molecular weight is 235 g/mol. The van der Waals surface area contributed by atoms with Crippen molar-refractivity contribution < 1.29 is 4.39 Å². The lowest BCUT2D eigenvalue weighted by atomic mass is 9.88. The summed E-state index contributed by atoms with van der Waals surface area (Å²) in [5.74, 6) is 0.541. The van der Waals surface area contributed by atoms with E-state index >= 15 is 0 Å². The van der Waals surface area contributed by atoms with Crippen molar-refractivity contribution in [1.29, 1.82) is 0 Å². The van der Waals surface area contributed by atoms with E-state index < -0.39 is 5.67 Å². The molecule has 1 aliphatic heterocycles. The second-order valence-electron chi connectivity index (χ2n) is 5.50. The molecule has 0 saturated carbocycles. The first-order valence-electron chi connectivity index (χ1n) is 6.58. The fourth-order valence-electron chi connectivity index (χ4n) is 2.47. The van der Waals surface area contributed by atoms with Gasteiger partial charge in [0.15, 0.2) is 0 Å². The third-order valence-corrected chi connectivity index (χ3v) is 3.59. The van der Waals surface area contributed by atoms with Crippen LogP contribution >= 0.6 is 0 Å². The standard InChI is InChI=1S/C15H22FN/c1-12(2)14-6-4-13(5-7-14)10-15(16)8-3-9-17-11-15/h4-7,12,17H,3,8-11H2,1-2H3. The van der Waals surface area contributed by atoms with Gasteiger partial charge in [-0.15, -0.1) is 0 Å². The summed E-state index contributed by atoms with van der Waals surface area (Å²) >= 11 is 0. The second kappa shape index (κ2) is 5.18. The predicted molar refractivity (Wildman–Crippen MR) is 70.2 cm³/mol. The van der Waals surface area contributed by atoms with Gasteiger partial charge in [-0.1, -0.05) is 38.1 Å². The molecule has 2 rings (SSSR count). The smallest absolute Gasteiger partial charge is 0.127 e. The molecule has 1 fully saturated rings. The number of rotatable bonds is 3. The Morgan fingerprint density at radius 3 is 2.53 bits per heavy atom. The van der Waals surface area contributed by atoms with Crippen LogP contribution in [0.1, 0.15) is 43.7 Å². The molecule has 0 bridgehead atoms. The molecule has 1 unspecified atom stereocenters. The van der Waals surface area contributed by atoms with Crippen LogP contribution in [0.3, 0.4) is 0 Å². The molecule has 1 N–H and O–H groups in total. The van der Waals surface area contributed by atoms with Crippen LogP contribution in [0, 0.1) is 0 Å². The van der Waals surface area contributed by atoms with Crippen LogP contribution in [0.25, 0.3) is 0 Å². The molecule has 1 nitrogen and oxygen atoms in total. The van der Waals surface area contributed by atoms with Gasteiger partial charge in [0.25, 0.3) is 0 Å². The van der Waals surface area contributed by atoms with Crippen LogP contribution < -0.4 is 5.32 Å². The van der Waals surface area contributed by atoms with Crippen molar-refractivity contribution in [3.8, 4) is 0 Å². The van der Waals surface area contributed by atoms with E-state index in [2.05, 4.69) is 43.4 Å². The van der Waals surface area contributed by atoms with Gasteiger partial charge in [-0.2, -0.15) is 0 Å². The molecule has 1 aromatic rings. The number of hydrogen-bond donors (Lipinski definition) is 1. The Morgan fingerprint density at radius 1 is 1.29 bits per heavy atom. The summed E-state index contributed by atoms with van der Waals surface area (Å²) in [4.78, 5) is 0. The summed E-state index contributed by atoms with van der Waals surface area (Å²) in [5.41, 5.74) is 1.39. The minimum absolute atomic E-state index is 0.499. The molecule has 1 aliphatic rings. The van der Waals surface area contributed by atoms with Crippen LogP contribution in [0.5, 0.6) is 0 Å². The maximum absolute atomic E-state index is 14.5. The summed E-state index contributed by atoms with van der Waals surface area (Å²) in [6, 6.07) is 8.40. The van der Waals surface area contributed by atoms with E-state index in [-0.39, 0.29) is 0 Å². The fraction of sp³-hybridized carbons (Fsp3) is 0.600. The first-order chi connectivity index (χ1) is 8.09. The third kappa shape index (κ3) is 3.29. The highest BCUT2D eigenvalue weighted by atomic mass is 19.1. The van der Waals surface area contributed by atoms with Gasteiger partial charge in [-0.05, 0) is 36.4 Å². The second-order valence-corrected chi connectivity index (χ2v) is 5.50. The number of piperidine rings is 1. The predicted octanol–water partition coefficient (Wildman–Crippen LogP) is 3.44. The van der Waals surface area contributed by atoms with E-state index in [0.717, 1.165) is 18.5 Å². The molecule has 0 amide bonds. The molecule has 1 atom stereocenters. The summed E-state index contributed by atoms with van der Waals surface area (Å²) < 4.78 is 14.5. The molecular weight excluding hydrogens is 213 g/mol. The Labute approximate surface area is 103 Å². The van der Waals surface area contributed by atoms with Crippen LogP contribution in [0.15, 0.2) is 24.3 Å². The first kappa shape index (κ1) is 12.6. The van der Waals surface area contributed by atoms with Gasteiger partial charge in [0.2, 0.25) is 0 Å². The molecule has 0 radical (unpaired) electrons. The molecule has 1 heterocycles. The lowest BCUT2D eigenvalue weighted by molar-refractivity contribution is 0.122. The topological polar surface area (TPSA) is 12.0 Å².